The number of carboxylic acids is 1. The summed E-state index contributed by atoms with van der Waals surface area (Å²) in [6, 6.07) is 9.21. The Hall–Kier alpha value is -2.84. The van der Waals surface area contributed by atoms with E-state index in [0.29, 0.717) is 0 Å². The average molecular weight is 419 g/mol. The van der Waals surface area contributed by atoms with Crippen molar-refractivity contribution in [2.45, 2.75) is 6.04 Å². The van der Waals surface area contributed by atoms with Crippen molar-refractivity contribution in [1.82, 2.24) is 4.90 Å². The van der Waals surface area contributed by atoms with E-state index in [2.05, 4.69) is 5.32 Å². The van der Waals surface area contributed by atoms with Gasteiger partial charge in [-0.3, -0.25) is 19.3 Å². The van der Waals surface area contributed by atoms with Gasteiger partial charge in [0.05, 0.1) is 22.4 Å². The highest BCUT2D eigenvalue weighted by Crippen LogP contribution is 2.27. The zero-order valence-electron chi connectivity index (χ0n) is 14.6. The fraction of sp³-hybridized carbons (Fsp3) is 0.158. The molecule has 2 aromatic rings. The van der Waals surface area contributed by atoms with Crippen molar-refractivity contribution in [2.24, 2.45) is 0 Å². The summed E-state index contributed by atoms with van der Waals surface area (Å²) in [6.45, 7) is 0. The summed E-state index contributed by atoms with van der Waals surface area (Å²) in [5.74, 6) is -2.87. The number of fused-ring (bicyclic) bond motifs is 1. The van der Waals surface area contributed by atoms with Crippen LogP contribution >= 0.6 is 23.4 Å². The van der Waals surface area contributed by atoms with Gasteiger partial charge >= 0.3 is 5.97 Å². The lowest BCUT2D eigenvalue weighted by molar-refractivity contribution is -0.119. The Morgan fingerprint density at radius 3 is 2.29 bits per heavy atom. The van der Waals surface area contributed by atoms with Crippen LogP contribution in [0.25, 0.3) is 0 Å². The van der Waals surface area contributed by atoms with Gasteiger partial charge in [-0.2, -0.15) is 11.8 Å². The Kier molecular flexibility index (Phi) is 5.71. The summed E-state index contributed by atoms with van der Waals surface area (Å²) in [6.07, 6.45) is 1.74. The minimum Gasteiger partial charge on any atom is -0.478 e. The number of hydrogen-bond acceptors (Lipinski definition) is 5. The van der Waals surface area contributed by atoms with Crippen molar-refractivity contribution >= 4 is 52.7 Å². The zero-order valence-corrected chi connectivity index (χ0v) is 16.2. The first kappa shape index (κ1) is 19.9. The smallest absolute Gasteiger partial charge is 0.337 e. The molecule has 1 aliphatic rings. The van der Waals surface area contributed by atoms with Crippen LogP contribution in [-0.4, -0.2) is 51.7 Å². The molecule has 9 heteroatoms. The maximum atomic E-state index is 12.9. The van der Waals surface area contributed by atoms with Gasteiger partial charge in [0.1, 0.15) is 6.04 Å². The molecule has 7 nitrogen and oxygen atoms in total. The van der Waals surface area contributed by atoms with Gasteiger partial charge in [0.15, 0.2) is 0 Å². The molecule has 2 N–H and O–H groups in total. The molecule has 0 radical (unpaired) electrons. The molecule has 3 rings (SSSR count). The summed E-state index contributed by atoms with van der Waals surface area (Å²) in [5.41, 5.74) is 0.316. The summed E-state index contributed by atoms with van der Waals surface area (Å²) in [5, 5.41) is 12.0. The monoisotopic (exact) mass is 418 g/mol. The average Bonchev–Trinajstić information content (AvgIpc) is 2.91. The Morgan fingerprint density at radius 2 is 1.75 bits per heavy atom. The van der Waals surface area contributed by atoms with E-state index in [0.717, 1.165) is 4.90 Å². The molecule has 0 spiro atoms. The lowest BCUT2D eigenvalue weighted by Crippen LogP contribution is -2.48. The first-order valence-corrected chi connectivity index (χ1v) is 9.92. The van der Waals surface area contributed by atoms with Crippen LogP contribution < -0.4 is 5.32 Å². The van der Waals surface area contributed by atoms with E-state index >= 15 is 0 Å². The van der Waals surface area contributed by atoms with Crippen LogP contribution in [0, 0.1) is 0 Å². The topological polar surface area (TPSA) is 104 Å². The third-order valence-corrected chi connectivity index (χ3v) is 5.12. The van der Waals surface area contributed by atoms with E-state index in [1.807, 2.05) is 0 Å². The van der Waals surface area contributed by atoms with Gasteiger partial charge in [-0.1, -0.05) is 23.7 Å². The van der Waals surface area contributed by atoms with Crippen LogP contribution in [0.1, 0.15) is 31.1 Å². The number of nitrogens with zero attached hydrogens (tertiary/aromatic N) is 1. The Balaban J connectivity index is 1.93. The van der Waals surface area contributed by atoms with E-state index < -0.39 is 29.7 Å². The van der Waals surface area contributed by atoms with Gasteiger partial charge in [0, 0.05) is 10.8 Å². The number of thioether (sulfide) groups is 1. The molecule has 144 valence electrons. The summed E-state index contributed by atoms with van der Waals surface area (Å²) in [4.78, 5) is 50.7. The van der Waals surface area contributed by atoms with Crippen molar-refractivity contribution in [2.75, 3.05) is 17.3 Å². The van der Waals surface area contributed by atoms with Crippen molar-refractivity contribution in [3.8, 4) is 0 Å². The number of nitrogens with one attached hydrogen (secondary N) is 1. The first-order chi connectivity index (χ1) is 13.3. The van der Waals surface area contributed by atoms with Crippen LogP contribution in [0.3, 0.4) is 0 Å². The van der Waals surface area contributed by atoms with Gasteiger partial charge in [-0.05, 0) is 36.6 Å². The third-order valence-electron chi connectivity index (χ3n) is 4.23. The predicted octanol–water partition coefficient (Wildman–Crippen LogP) is 3.00. The Bertz CT molecular complexity index is 959. The molecule has 0 saturated carbocycles. The number of carbonyl (C=O) groups excluding carboxylic acids is 3. The molecule has 0 aromatic heterocycles. The molecule has 0 saturated heterocycles. The predicted molar refractivity (Wildman–Crippen MR) is 106 cm³/mol. The second-order valence-electron chi connectivity index (χ2n) is 5.98. The van der Waals surface area contributed by atoms with E-state index in [1.54, 1.807) is 18.4 Å². The molecular formula is C19H15ClN2O5S. The SMILES string of the molecule is CSC[C@@H](C(=O)Nc1cc(Cl)ccc1C(=O)O)N1C(=O)c2ccccc2C1=O. The molecule has 1 atom stereocenters. The molecule has 28 heavy (non-hydrogen) atoms. The Labute approximate surface area is 169 Å². The molecule has 0 bridgehead atoms. The highest BCUT2D eigenvalue weighted by atomic mass is 35.5. The van der Waals surface area contributed by atoms with Crippen molar-refractivity contribution in [3.05, 3.63) is 64.2 Å². The minimum atomic E-state index is -1.24. The van der Waals surface area contributed by atoms with E-state index in [4.69, 9.17) is 11.6 Å². The summed E-state index contributed by atoms with van der Waals surface area (Å²) >= 11 is 7.20. The third kappa shape index (κ3) is 3.61. The van der Waals surface area contributed by atoms with Crippen LogP contribution in [0.15, 0.2) is 42.5 Å². The molecule has 1 heterocycles. The van der Waals surface area contributed by atoms with Crippen LogP contribution in [0.4, 0.5) is 5.69 Å². The van der Waals surface area contributed by atoms with Crippen molar-refractivity contribution in [1.29, 1.82) is 0 Å². The zero-order chi connectivity index (χ0) is 20.4. The number of imide groups is 1. The highest BCUT2D eigenvalue weighted by molar-refractivity contribution is 7.98. The second-order valence-corrected chi connectivity index (χ2v) is 7.33. The van der Waals surface area contributed by atoms with Crippen LogP contribution in [0.2, 0.25) is 5.02 Å². The number of halogens is 1. The fourth-order valence-corrected chi connectivity index (χ4v) is 3.73. The number of anilines is 1. The van der Waals surface area contributed by atoms with Gasteiger partial charge in [-0.15, -0.1) is 0 Å². The molecule has 3 amide bonds. The standard InChI is InChI=1S/C19H15ClN2O5S/c1-28-9-15(22-17(24)11-4-2-3-5-12(11)18(22)25)16(23)21-14-8-10(20)6-7-13(14)19(26)27/h2-8,15H,9H2,1H3,(H,21,23)(H,26,27)/t15-/m0/s1. The number of carbonyl (C=O) groups is 4. The maximum absolute atomic E-state index is 12.9. The molecule has 2 aromatic carbocycles. The maximum Gasteiger partial charge on any atom is 0.337 e. The number of aromatic carboxylic acids is 1. The first-order valence-electron chi connectivity index (χ1n) is 8.14. The number of carboxylic acid groups (broad SMARTS) is 1. The van der Waals surface area contributed by atoms with E-state index in [9.17, 15) is 24.3 Å². The molecule has 1 aliphatic heterocycles. The molecular weight excluding hydrogens is 404 g/mol. The highest BCUT2D eigenvalue weighted by Gasteiger charge is 2.42. The Morgan fingerprint density at radius 1 is 1.14 bits per heavy atom. The largest absolute Gasteiger partial charge is 0.478 e. The second kappa shape index (κ2) is 8.04. The van der Waals surface area contributed by atoms with E-state index in [1.165, 1.54) is 42.1 Å². The lowest BCUT2D eigenvalue weighted by atomic mass is 10.1. The quantitative estimate of drug-likeness (QED) is 0.699. The minimum absolute atomic E-state index is 0.00675. The number of amides is 3. The molecule has 0 aliphatic carbocycles. The summed E-state index contributed by atoms with van der Waals surface area (Å²) in [7, 11) is 0. The molecule has 0 fully saturated rings. The normalized spacial score (nSPS) is 14.0. The number of benzene rings is 2. The van der Waals surface area contributed by atoms with Crippen LogP contribution in [0.5, 0.6) is 0 Å². The number of rotatable bonds is 6. The fourth-order valence-electron chi connectivity index (χ4n) is 2.94. The molecule has 0 unspecified atom stereocenters. The van der Waals surface area contributed by atoms with E-state index in [-0.39, 0.29) is 33.2 Å². The lowest BCUT2D eigenvalue weighted by Gasteiger charge is -2.25. The number of hydrogen-bond donors (Lipinski definition) is 2. The van der Waals surface area contributed by atoms with Crippen LogP contribution in [-0.2, 0) is 4.79 Å². The van der Waals surface area contributed by atoms with Gasteiger partial charge < -0.3 is 10.4 Å². The van der Waals surface area contributed by atoms with Gasteiger partial charge in [0.2, 0.25) is 5.91 Å². The van der Waals surface area contributed by atoms with Gasteiger partial charge in [-0.25, -0.2) is 4.79 Å². The van der Waals surface area contributed by atoms with Crippen molar-refractivity contribution in [3.63, 3.8) is 0 Å². The summed E-state index contributed by atoms with van der Waals surface area (Å²) < 4.78 is 0. The van der Waals surface area contributed by atoms with Crippen molar-refractivity contribution < 1.29 is 24.3 Å². The van der Waals surface area contributed by atoms with Gasteiger partial charge in [0.25, 0.3) is 11.8 Å².